The van der Waals surface area contributed by atoms with Crippen molar-refractivity contribution in [3.63, 3.8) is 0 Å². The van der Waals surface area contributed by atoms with E-state index < -0.39 is 15.8 Å². The van der Waals surface area contributed by atoms with E-state index >= 15 is 0 Å². The quantitative estimate of drug-likeness (QED) is 0.741. The molecule has 0 radical (unpaired) electrons. The average Bonchev–Trinajstić information content (AvgIpc) is 2.60. The van der Waals surface area contributed by atoms with Gasteiger partial charge in [-0.3, -0.25) is 9.10 Å². The summed E-state index contributed by atoms with van der Waals surface area (Å²) in [5.41, 5.74) is 2.82. The van der Waals surface area contributed by atoms with Crippen molar-refractivity contribution in [2.75, 3.05) is 22.4 Å². The first-order chi connectivity index (χ1) is 12.7. The summed E-state index contributed by atoms with van der Waals surface area (Å²) < 4.78 is 39.1. The highest BCUT2D eigenvalue weighted by atomic mass is 32.2. The molecule has 0 saturated heterocycles. The molecule has 0 aromatic heterocycles. The number of benzene rings is 2. The molecular weight excluding hydrogens is 367 g/mol. The van der Waals surface area contributed by atoms with Gasteiger partial charge in [0.2, 0.25) is 15.9 Å². The first kappa shape index (κ1) is 20.9. The Kier molecular flexibility index (Phi) is 6.96. The van der Waals surface area contributed by atoms with Crippen molar-refractivity contribution in [1.82, 2.24) is 0 Å². The van der Waals surface area contributed by atoms with Gasteiger partial charge in [0, 0.05) is 18.7 Å². The minimum Gasteiger partial charge on any atom is -0.326 e. The van der Waals surface area contributed by atoms with Crippen molar-refractivity contribution in [3.8, 4) is 0 Å². The van der Waals surface area contributed by atoms with E-state index in [9.17, 15) is 17.6 Å². The monoisotopic (exact) mass is 392 g/mol. The van der Waals surface area contributed by atoms with Gasteiger partial charge in [0.1, 0.15) is 5.82 Å². The van der Waals surface area contributed by atoms with Crippen LogP contribution in [0, 0.1) is 12.7 Å². The normalized spacial score (nSPS) is 11.3. The minimum atomic E-state index is -3.65. The summed E-state index contributed by atoms with van der Waals surface area (Å²) in [6.45, 7) is 3.97. The van der Waals surface area contributed by atoms with E-state index in [1.54, 1.807) is 6.07 Å². The van der Waals surface area contributed by atoms with Crippen molar-refractivity contribution >= 4 is 27.3 Å². The highest BCUT2D eigenvalue weighted by Gasteiger charge is 2.20. The zero-order valence-electron chi connectivity index (χ0n) is 15.8. The largest absolute Gasteiger partial charge is 0.326 e. The molecular formula is C20H25FN2O3S. The molecule has 0 spiro atoms. The fourth-order valence-corrected chi connectivity index (χ4v) is 3.87. The zero-order chi connectivity index (χ0) is 20.0. The zero-order valence-corrected chi connectivity index (χ0v) is 16.6. The number of anilines is 2. The molecule has 0 fully saturated rings. The standard InChI is InChI=1S/C20H25FN2O3S/c1-4-16-10-7-9-15(2)20(16)22-19(24)13-8-14-23(27(3,25)26)18-12-6-5-11-17(18)21/h5-7,9-12H,4,8,13-14H2,1-3H3,(H,22,24). The first-order valence-corrected chi connectivity index (χ1v) is 10.7. The Hall–Kier alpha value is -2.41. The number of carbonyl (C=O) groups is 1. The highest BCUT2D eigenvalue weighted by molar-refractivity contribution is 7.92. The van der Waals surface area contributed by atoms with Crippen molar-refractivity contribution in [2.24, 2.45) is 0 Å². The number of amides is 1. The van der Waals surface area contributed by atoms with Gasteiger partial charge in [-0.2, -0.15) is 0 Å². The predicted molar refractivity (Wildman–Crippen MR) is 107 cm³/mol. The molecule has 0 aliphatic rings. The molecule has 0 saturated carbocycles. The van der Waals surface area contributed by atoms with Crippen LogP contribution in [0.3, 0.4) is 0 Å². The van der Waals surface area contributed by atoms with Gasteiger partial charge >= 0.3 is 0 Å². The van der Waals surface area contributed by atoms with Gasteiger partial charge in [-0.1, -0.05) is 37.3 Å². The molecule has 0 aliphatic heterocycles. The van der Waals surface area contributed by atoms with E-state index in [2.05, 4.69) is 5.32 Å². The van der Waals surface area contributed by atoms with Crippen molar-refractivity contribution < 1.29 is 17.6 Å². The van der Waals surface area contributed by atoms with E-state index in [0.717, 1.165) is 33.8 Å². The lowest BCUT2D eigenvalue weighted by Crippen LogP contribution is -2.32. The summed E-state index contributed by atoms with van der Waals surface area (Å²) in [6, 6.07) is 11.5. The molecule has 146 valence electrons. The molecule has 2 aromatic rings. The van der Waals surface area contributed by atoms with E-state index in [4.69, 9.17) is 0 Å². The highest BCUT2D eigenvalue weighted by Crippen LogP contribution is 2.23. The van der Waals surface area contributed by atoms with Crippen LogP contribution in [0.4, 0.5) is 15.8 Å². The lowest BCUT2D eigenvalue weighted by atomic mass is 10.1. The molecule has 27 heavy (non-hydrogen) atoms. The van der Waals surface area contributed by atoms with Gasteiger partial charge < -0.3 is 5.32 Å². The van der Waals surface area contributed by atoms with Crippen LogP contribution >= 0.6 is 0 Å². The minimum absolute atomic E-state index is 0.00687. The maximum atomic E-state index is 14.0. The maximum absolute atomic E-state index is 14.0. The van der Waals surface area contributed by atoms with Crippen molar-refractivity contribution in [1.29, 1.82) is 0 Å². The SMILES string of the molecule is CCc1cccc(C)c1NC(=O)CCCN(c1ccccc1F)S(C)(=O)=O. The summed E-state index contributed by atoms with van der Waals surface area (Å²) in [4.78, 5) is 12.3. The van der Waals surface area contributed by atoms with E-state index in [-0.39, 0.29) is 31.0 Å². The summed E-state index contributed by atoms with van der Waals surface area (Å²) in [7, 11) is -3.65. The molecule has 0 heterocycles. The van der Waals surface area contributed by atoms with Gasteiger partial charge in [-0.15, -0.1) is 0 Å². The summed E-state index contributed by atoms with van der Waals surface area (Å²) >= 11 is 0. The number of rotatable bonds is 8. The third kappa shape index (κ3) is 5.53. The lowest BCUT2D eigenvalue weighted by molar-refractivity contribution is -0.116. The Morgan fingerprint density at radius 2 is 1.85 bits per heavy atom. The van der Waals surface area contributed by atoms with Gasteiger partial charge in [0.25, 0.3) is 0 Å². The third-order valence-corrected chi connectivity index (χ3v) is 5.47. The van der Waals surface area contributed by atoms with Crippen LogP contribution in [0.25, 0.3) is 0 Å². The fraction of sp³-hybridized carbons (Fsp3) is 0.350. The van der Waals surface area contributed by atoms with Crippen LogP contribution in [-0.2, 0) is 21.2 Å². The number of halogens is 1. The third-order valence-electron chi connectivity index (χ3n) is 4.29. The summed E-state index contributed by atoms with van der Waals surface area (Å²) in [6.07, 6.45) is 2.24. The molecule has 2 rings (SSSR count). The van der Waals surface area contributed by atoms with Gasteiger partial charge in [0.05, 0.1) is 11.9 Å². The van der Waals surface area contributed by atoms with Gasteiger partial charge in [-0.05, 0) is 43.0 Å². The number of para-hydroxylation sites is 2. The summed E-state index contributed by atoms with van der Waals surface area (Å²) in [5.74, 6) is -0.805. The number of nitrogens with zero attached hydrogens (tertiary/aromatic N) is 1. The van der Waals surface area contributed by atoms with Crippen LogP contribution in [0.1, 0.15) is 30.9 Å². The number of sulfonamides is 1. The topological polar surface area (TPSA) is 66.5 Å². The Morgan fingerprint density at radius 3 is 2.48 bits per heavy atom. The van der Waals surface area contributed by atoms with E-state index in [1.165, 1.54) is 18.2 Å². The van der Waals surface area contributed by atoms with Crippen molar-refractivity contribution in [2.45, 2.75) is 33.1 Å². The number of hydrogen-bond acceptors (Lipinski definition) is 3. The number of nitrogens with one attached hydrogen (secondary N) is 1. The number of hydrogen-bond donors (Lipinski definition) is 1. The molecule has 7 heteroatoms. The number of carbonyl (C=O) groups excluding carboxylic acids is 1. The van der Waals surface area contributed by atoms with E-state index in [1.807, 2.05) is 32.0 Å². The molecule has 0 bridgehead atoms. The van der Waals surface area contributed by atoms with Crippen LogP contribution < -0.4 is 9.62 Å². The molecule has 2 aromatic carbocycles. The van der Waals surface area contributed by atoms with Gasteiger partial charge in [0.15, 0.2) is 0 Å². The summed E-state index contributed by atoms with van der Waals surface area (Å²) in [5, 5.41) is 2.91. The molecule has 1 N–H and O–H groups in total. The first-order valence-electron chi connectivity index (χ1n) is 8.84. The Labute approximate surface area is 160 Å². The smallest absolute Gasteiger partial charge is 0.232 e. The molecule has 0 atom stereocenters. The Bertz CT molecular complexity index is 913. The predicted octanol–water partition coefficient (Wildman–Crippen LogP) is 3.88. The van der Waals surface area contributed by atoms with E-state index in [0.29, 0.717) is 0 Å². The second kappa shape index (κ2) is 8.99. The van der Waals surface area contributed by atoms with Crippen LogP contribution in [-0.4, -0.2) is 27.1 Å². The second-order valence-corrected chi connectivity index (χ2v) is 8.31. The number of aryl methyl sites for hydroxylation is 2. The molecule has 5 nitrogen and oxygen atoms in total. The molecule has 1 amide bonds. The molecule has 0 unspecified atom stereocenters. The Balaban J connectivity index is 2.03. The van der Waals surface area contributed by atoms with Crippen LogP contribution in [0.2, 0.25) is 0 Å². The fourth-order valence-electron chi connectivity index (χ4n) is 2.91. The van der Waals surface area contributed by atoms with Crippen LogP contribution in [0.15, 0.2) is 42.5 Å². The van der Waals surface area contributed by atoms with Crippen molar-refractivity contribution in [3.05, 3.63) is 59.4 Å². The molecule has 0 aliphatic carbocycles. The Morgan fingerprint density at radius 1 is 1.15 bits per heavy atom. The van der Waals surface area contributed by atoms with Crippen LogP contribution in [0.5, 0.6) is 0 Å². The average molecular weight is 392 g/mol. The second-order valence-electron chi connectivity index (χ2n) is 6.40. The maximum Gasteiger partial charge on any atom is 0.232 e. The lowest BCUT2D eigenvalue weighted by Gasteiger charge is -2.22. The van der Waals surface area contributed by atoms with Gasteiger partial charge in [-0.25, -0.2) is 12.8 Å².